The van der Waals surface area contributed by atoms with Crippen molar-refractivity contribution in [3.05, 3.63) is 47.5 Å². The lowest BCUT2D eigenvalue weighted by Gasteiger charge is -2.35. The van der Waals surface area contributed by atoms with Crippen LogP contribution in [-0.4, -0.2) is 56.8 Å². The lowest BCUT2D eigenvalue weighted by molar-refractivity contribution is 0.0170. The van der Waals surface area contributed by atoms with E-state index in [2.05, 4.69) is 63.9 Å². The Kier molecular flexibility index (Phi) is 8.87. The largest absolute Gasteiger partial charge is 0.379 e. The summed E-state index contributed by atoms with van der Waals surface area (Å²) in [5.74, 6) is 0.889. The van der Waals surface area contributed by atoms with Crippen molar-refractivity contribution in [2.75, 3.05) is 39.9 Å². The third kappa shape index (κ3) is 5.96. The van der Waals surface area contributed by atoms with E-state index in [1.807, 2.05) is 7.05 Å². The number of nitrogens with one attached hydrogen (secondary N) is 2. The van der Waals surface area contributed by atoms with Crippen molar-refractivity contribution >= 4 is 29.9 Å². The molecule has 1 unspecified atom stereocenters. The summed E-state index contributed by atoms with van der Waals surface area (Å²) in [5, 5.41) is 7.06. The summed E-state index contributed by atoms with van der Waals surface area (Å²) in [5.41, 5.74) is 2.66. The molecule has 1 aliphatic carbocycles. The number of ether oxygens (including phenoxy) is 1. The molecule has 1 fully saturated rings. The Morgan fingerprint density at radius 1 is 1.27 bits per heavy atom. The summed E-state index contributed by atoms with van der Waals surface area (Å²) in [6.07, 6.45) is 6.61. The van der Waals surface area contributed by atoms with Crippen LogP contribution in [0, 0.1) is 6.92 Å². The number of aryl methyl sites for hydroxylation is 1. The van der Waals surface area contributed by atoms with Gasteiger partial charge in [0, 0.05) is 32.7 Å². The molecule has 0 saturated carbocycles. The van der Waals surface area contributed by atoms with Gasteiger partial charge in [-0.2, -0.15) is 0 Å². The molecule has 1 saturated heterocycles. The van der Waals surface area contributed by atoms with Crippen molar-refractivity contribution in [2.45, 2.75) is 31.8 Å². The number of benzene rings is 1. The molecule has 1 aromatic carbocycles. The monoisotopic (exact) mass is 470 g/mol. The summed E-state index contributed by atoms with van der Waals surface area (Å²) in [6.45, 7) is 6.55. The fourth-order valence-corrected chi connectivity index (χ4v) is 3.54. The van der Waals surface area contributed by atoms with Crippen molar-refractivity contribution in [2.24, 2.45) is 4.99 Å². The summed E-state index contributed by atoms with van der Waals surface area (Å²) in [6, 6.07) is 9.61. The fourth-order valence-electron chi connectivity index (χ4n) is 3.54. The van der Waals surface area contributed by atoms with Crippen molar-refractivity contribution in [1.82, 2.24) is 15.5 Å². The van der Waals surface area contributed by atoms with Crippen LogP contribution in [0.4, 0.5) is 0 Å². The molecule has 26 heavy (non-hydrogen) atoms. The number of hydrogen-bond donors (Lipinski definition) is 2. The number of hydrogen-bond acceptors (Lipinski definition) is 3. The van der Waals surface area contributed by atoms with Gasteiger partial charge in [-0.05, 0) is 25.3 Å². The van der Waals surface area contributed by atoms with Crippen LogP contribution in [0.25, 0.3) is 0 Å². The molecule has 2 N–H and O–H groups in total. The van der Waals surface area contributed by atoms with E-state index in [0.717, 1.165) is 51.6 Å². The highest BCUT2D eigenvalue weighted by Crippen LogP contribution is 2.22. The molecular formula is C20H31IN4O. The highest BCUT2D eigenvalue weighted by molar-refractivity contribution is 14.0. The van der Waals surface area contributed by atoms with E-state index >= 15 is 0 Å². The van der Waals surface area contributed by atoms with Crippen LogP contribution < -0.4 is 10.6 Å². The predicted molar refractivity (Wildman–Crippen MR) is 118 cm³/mol. The number of rotatable bonds is 5. The highest BCUT2D eigenvalue weighted by Gasteiger charge is 2.23. The quantitative estimate of drug-likeness (QED) is 0.301. The zero-order chi connectivity index (χ0) is 17.5. The minimum absolute atomic E-state index is 0. The van der Waals surface area contributed by atoms with Gasteiger partial charge in [0.2, 0.25) is 0 Å². The van der Waals surface area contributed by atoms with Crippen molar-refractivity contribution in [3.8, 4) is 0 Å². The molecule has 5 nitrogen and oxygen atoms in total. The van der Waals surface area contributed by atoms with Gasteiger partial charge < -0.3 is 15.4 Å². The Labute approximate surface area is 174 Å². The summed E-state index contributed by atoms with van der Waals surface area (Å²) in [4.78, 5) is 6.91. The van der Waals surface area contributed by atoms with Crippen molar-refractivity contribution < 1.29 is 4.74 Å². The molecule has 2 aliphatic rings. The maximum absolute atomic E-state index is 5.54. The molecule has 0 amide bonds. The van der Waals surface area contributed by atoms with Gasteiger partial charge in [0.1, 0.15) is 0 Å². The maximum atomic E-state index is 5.54. The van der Waals surface area contributed by atoms with Gasteiger partial charge in [-0.1, -0.05) is 42.0 Å². The van der Waals surface area contributed by atoms with E-state index in [-0.39, 0.29) is 24.0 Å². The Bertz CT molecular complexity index is 606. The number of guanidine groups is 1. The Hall–Kier alpha value is -1.12. The van der Waals surface area contributed by atoms with E-state index in [4.69, 9.17) is 4.74 Å². The minimum atomic E-state index is 0. The van der Waals surface area contributed by atoms with E-state index in [9.17, 15) is 0 Å². The normalized spacial score (nSPS) is 19.8. The van der Waals surface area contributed by atoms with Gasteiger partial charge in [0.25, 0.3) is 0 Å². The Morgan fingerprint density at radius 2 is 2.00 bits per heavy atom. The van der Waals surface area contributed by atoms with E-state index in [1.54, 1.807) is 0 Å². The molecule has 0 bridgehead atoms. The van der Waals surface area contributed by atoms with Gasteiger partial charge in [0.15, 0.2) is 5.96 Å². The van der Waals surface area contributed by atoms with Crippen LogP contribution in [0.15, 0.2) is 41.4 Å². The van der Waals surface area contributed by atoms with Crippen LogP contribution in [0.3, 0.4) is 0 Å². The van der Waals surface area contributed by atoms with E-state index in [1.165, 1.54) is 11.1 Å². The SMILES string of the molecule is CN=C(NCC(c1cccc(C)c1)N1CCOCC1)NC1CC=CC1.I. The second-order valence-corrected chi connectivity index (χ2v) is 6.82. The van der Waals surface area contributed by atoms with E-state index < -0.39 is 0 Å². The van der Waals surface area contributed by atoms with Crippen LogP contribution in [-0.2, 0) is 4.74 Å². The average molecular weight is 470 g/mol. The maximum Gasteiger partial charge on any atom is 0.191 e. The van der Waals surface area contributed by atoms with Gasteiger partial charge in [-0.25, -0.2) is 0 Å². The molecule has 1 aliphatic heterocycles. The smallest absolute Gasteiger partial charge is 0.191 e. The number of nitrogens with zero attached hydrogens (tertiary/aromatic N) is 2. The molecule has 144 valence electrons. The third-order valence-corrected chi connectivity index (χ3v) is 4.95. The highest BCUT2D eigenvalue weighted by atomic mass is 127. The molecule has 3 rings (SSSR count). The van der Waals surface area contributed by atoms with Crippen LogP contribution in [0.2, 0.25) is 0 Å². The summed E-state index contributed by atoms with van der Waals surface area (Å²) >= 11 is 0. The third-order valence-electron chi connectivity index (χ3n) is 4.95. The summed E-state index contributed by atoms with van der Waals surface area (Å²) < 4.78 is 5.54. The van der Waals surface area contributed by atoms with Crippen molar-refractivity contribution in [1.29, 1.82) is 0 Å². The van der Waals surface area contributed by atoms with Gasteiger partial charge in [0.05, 0.1) is 19.3 Å². The van der Waals surface area contributed by atoms with Crippen LogP contribution >= 0.6 is 24.0 Å². The first-order valence-corrected chi connectivity index (χ1v) is 9.27. The first kappa shape index (κ1) is 21.2. The lowest BCUT2D eigenvalue weighted by Crippen LogP contribution is -2.48. The molecule has 1 atom stereocenters. The zero-order valence-electron chi connectivity index (χ0n) is 15.8. The second-order valence-electron chi connectivity index (χ2n) is 6.82. The molecule has 1 heterocycles. The van der Waals surface area contributed by atoms with Gasteiger partial charge in [-0.3, -0.25) is 9.89 Å². The lowest BCUT2D eigenvalue weighted by atomic mass is 10.0. The molecular weight excluding hydrogens is 439 g/mol. The second kappa shape index (κ2) is 10.9. The standard InChI is InChI=1S/C20H30N4O.HI/c1-16-6-5-7-17(14-16)19(24-10-12-25-13-11-24)15-22-20(21-2)23-18-8-3-4-9-18;/h3-7,14,18-19H,8-13,15H2,1-2H3,(H2,21,22,23);1H. The first-order chi connectivity index (χ1) is 12.3. The average Bonchev–Trinajstić information content (AvgIpc) is 3.15. The Morgan fingerprint density at radius 3 is 2.65 bits per heavy atom. The van der Waals surface area contributed by atoms with Crippen LogP contribution in [0.5, 0.6) is 0 Å². The van der Waals surface area contributed by atoms with Gasteiger partial charge in [-0.15, -0.1) is 24.0 Å². The summed E-state index contributed by atoms with van der Waals surface area (Å²) in [7, 11) is 1.84. The molecule has 6 heteroatoms. The Balaban J connectivity index is 0.00000243. The number of aliphatic imine (C=N–C) groups is 1. The molecule has 0 aromatic heterocycles. The zero-order valence-corrected chi connectivity index (χ0v) is 18.1. The molecule has 0 spiro atoms. The van der Waals surface area contributed by atoms with Crippen molar-refractivity contribution in [3.63, 3.8) is 0 Å². The van der Waals surface area contributed by atoms with Gasteiger partial charge >= 0.3 is 0 Å². The first-order valence-electron chi connectivity index (χ1n) is 9.27. The fraction of sp³-hybridized carbons (Fsp3) is 0.550. The topological polar surface area (TPSA) is 48.9 Å². The minimum Gasteiger partial charge on any atom is -0.379 e. The molecule has 0 radical (unpaired) electrons. The predicted octanol–water partition coefficient (Wildman–Crippen LogP) is 2.87. The number of halogens is 1. The number of morpholine rings is 1. The van der Waals surface area contributed by atoms with E-state index in [0.29, 0.717) is 12.1 Å². The van der Waals surface area contributed by atoms with Crippen LogP contribution in [0.1, 0.15) is 30.0 Å². The molecule has 1 aromatic rings.